The fourth-order valence-corrected chi connectivity index (χ4v) is 12.2. The van der Waals surface area contributed by atoms with Crippen molar-refractivity contribution in [1.29, 1.82) is 0 Å². The predicted molar refractivity (Wildman–Crippen MR) is 436 cm³/mol. The van der Waals surface area contributed by atoms with Gasteiger partial charge in [-0.1, -0.05) is 296 Å². The fourth-order valence-electron chi connectivity index (χ4n) is 10.6. The van der Waals surface area contributed by atoms with Crippen LogP contribution in [0.4, 0.5) is 0 Å². The van der Waals surface area contributed by atoms with Gasteiger partial charge in [0, 0.05) is 25.7 Å². The van der Waals surface area contributed by atoms with E-state index in [0.29, 0.717) is 25.7 Å². The Morgan fingerprint density at radius 1 is 0.274 bits per heavy atom. The van der Waals surface area contributed by atoms with Gasteiger partial charge in [0.1, 0.15) is 19.3 Å². The van der Waals surface area contributed by atoms with Crippen molar-refractivity contribution in [3.8, 4) is 0 Å². The van der Waals surface area contributed by atoms with Crippen molar-refractivity contribution in [2.75, 3.05) is 39.6 Å². The minimum atomic E-state index is -5.00. The number of phosphoric ester groups is 2. The molecule has 0 bridgehead atoms. The summed E-state index contributed by atoms with van der Waals surface area (Å²) in [6.45, 7) is 4.55. The molecule has 19 heteroatoms. The van der Waals surface area contributed by atoms with Crippen LogP contribution in [-0.4, -0.2) is 96.7 Å². The summed E-state index contributed by atoms with van der Waals surface area (Å²) < 4.78 is 68.6. The number of aliphatic hydroxyl groups is 1. The number of esters is 4. The van der Waals surface area contributed by atoms with E-state index in [1.54, 1.807) is 0 Å². The van der Waals surface area contributed by atoms with E-state index < -0.39 is 97.5 Å². The minimum Gasteiger partial charge on any atom is -0.462 e. The number of carbonyl (C=O) groups excluding carboxylic acids is 4. The summed E-state index contributed by atoms with van der Waals surface area (Å²) in [5.41, 5.74) is 0. The first-order valence-electron chi connectivity index (χ1n) is 41.1. The molecule has 3 N–H and O–H groups in total. The van der Waals surface area contributed by atoms with Crippen molar-refractivity contribution in [3.63, 3.8) is 0 Å². The molecule has 0 rings (SSSR count). The zero-order chi connectivity index (χ0) is 77.4. The molecule has 17 nitrogen and oxygen atoms in total. The van der Waals surface area contributed by atoms with Crippen LogP contribution < -0.4 is 0 Å². The van der Waals surface area contributed by atoms with E-state index in [0.717, 1.165) is 173 Å². The Labute approximate surface area is 643 Å². The highest BCUT2D eigenvalue weighted by Crippen LogP contribution is 2.45. The van der Waals surface area contributed by atoms with E-state index in [2.05, 4.69) is 174 Å². The standard InChI is InChI=1S/C87H146O17P2/c1-5-9-13-17-21-25-29-33-36-38-40-42-45-48-51-55-59-63-67-71-84(89)97-77-82(103-86(91)73-69-65-61-57-53-47-32-28-24-20-16-12-8-4)79-101-105(93,94)99-75-81(88)76-100-106(95,96)102-80-83(104-87(92)74-70-66-62-58-54-50-44-35-31-27-23-19-15-11-7-3)78-98-85(90)72-68-64-60-56-52-49-46-43-41-39-37-34-30-26-22-18-14-10-6-2/h9-10,13-14,21-23,25-27,33-37,40-44,48-49,51-52,81-83,88H,5-8,11-12,15-20,24,28-32,38-39,45-47,50,53-80H2,1-4H3,(H,93,94)(H,95,96)/b13-9-,14-10-,25-21-,26-22-,27-23-,36-33-,37-34-,42-40-,43-41-,44-35-,51-48-,52-49-. The number of hydrogen-bond donors (Lipinski definition) is 3. The monoisotopic (exact) mass is 1530 g/mol. The lowest BCUT2D eigenvalue weighted by molar-refractivity contribution is -0.161. The first-order valence-corrected chi connectivity index (χ1v) is 44.1. The highest BCUT2D eigenvalue weighted by atomic mass is 31.2. The Bertz CT molecular complexity index is 2580. The van der Waals surface area contributed by atoms with Gasteiger partial charge in [-0.15, -0.1) is 0 Å². The van der Waals surface area contributed by atoms with Gasteiger partial charge in [-0.3, -0.25) is 37.3 Å². The van der Waals surface area contributed by atoms with Gasteiger partial charge in [0.15, 0.2) is 12.2 Å². The number of aliphatic hydroxyl groups excluding tert-OH is 1. The summed E-state index contributed by atoms with van der Waals surface area (Å²) in [7, 11) is -9.99. The quantitative estimate of drug-likeness (QED) is 0.0169. The Morgan fingerprint density at radius 3 is 0.783 bits per heavy atom. The normalized spacial score (nSPS) is 14.6. The smallest absolute Gasteiger partial charge is 0.462 e. The lowest BCUT2D eigenvalue weighted by atomic mass is 10.0. The number of rotatable bonds is 76. The molecule has 0 aliphatic rings. The molecule has 0 aromatic carbocycles. The van der Waals surface area contributed by atoms with Crippen LogP contribution in [0.5, 0.6) is 0 Å². The average Bonchev–Trinajstić information content (AvgIpc) is 0.933. The first kappa shape index (κ1) is 101. The number of allylic oxidation sites excluding steroid dienone is 24. The molecule has 0 amide bonds. The van der Waals surface area contributed by atoms with Crippen LogP contribution in [0.2, 0.25) is 0 Å². The number of ether oxygens (including phenoxy) is 4. The summed E-state index contributed by atoms with van der Waals surface area (Å²) >= 11 is 0. The molecule has 606 valence electrons. The van der Waals surface area contributed by atoms with Gasteiger partial charge in [0.25, 0.3) is 0 Å². The molecule has 0 aromatic rings. The summed E-state index contributed by atoms with van der Waals surface area (Å²) in [6, 6.07) is 0. The van der Waals surface area contributed by atoms with E-state index in [1.165, 1.54) is 70.6 Å². The molecule has 106 heavy (non-hydrogen) atoms. The van der Waals surface area contributed by atoms with E-state index in [1.807, 2.05) is 0 Å². The van der Waals surface area contributed by atoms with Gasteiger partial charge in [-0.2, -0.15) is 0 Å². The van der Waals surface area contributed by atoms with Crippen molar-refractivity contribution in [2.24, 2.45) is 0 Å². The van der Waals surface area contributed by atoms with Crippen LogP contribution in [0.25, 0.3) is 0 Å². The molecule has 0 saturated heterocycles. The second-order valence-electron chi connectivity index (χ2n) is 27.0. The van der Waals surface area contributed by atoms with E-state index in [4.69, 9.17) is 37.0 Å². The van der Waals surface area contributed by atoms with Crippen LogP contribution >= 0.6 is 15.6 Å². The zero-order valence-electron chi connectivity index (χ0n) is 66.3. The highest BCUT2D eigenvalue weighted by Gasteiger charge is 2.30. The van der Waals surface area contributed by atoms with Gasteiger partial charge in [0.05, 0.1) is 26.4 Å². The van der Waals surface area contributed by atoms with Gasteiger partial charge < -0.3 is 33.8 Å². The van der Waals surface area contributed by atoms with Gasteiger partial charge in [0.2, 0.25) is 0 Å². The number of unbranched alkanes of at least 4 members (excludes halogenated alkanes) is 26. The summed E-state index contributed by atoms with van der Waals surface area (Å²) in [4.78, 5) is 73.1. The van der Waals surface area contributed by atoms with Crippen LogP contribution in [0, 0.1) is 0 Å². The Hall–Kier alpha value is -5.06. The van der Waals surface area contributed by atoms with E-state index in [9.17, 15) is 43.2 Å². The molecule has 5 atom stereocenters. The van der Waals surface area contributed by atoms with Crippen LogP contribution in [0.15, 0.2) is 146 Å². The zero-order valence-corrected chi connectivity index (χ0v) is 68.1. The molecule has 5 unspecified atom stereocenters. The Morgan fingerprint density at radius 2 is 0.491 bits per heavy atom. The Balaban J connectivity index is 5.42. The maximum Gasteiger partial charge on any atom is 0.472 e. The molecule has 0 aromatic heterocycles. The topological polar surface area (TPSA) is 237 Å². The van der Waals surface area contributed by atoms with Gasteiger partial charge >= 0.3 is 39.5 Å². The molecule has 0 saturated carbocycles. The molecule has 0 radical (unpaired) electrons. The van der Waals surface area contributed by atoms with Crippen LogP contribution in [0.1, 0.15) is 323 Å². The molecule has 0 fully saturated rings. The second kappa shape index (κ2) is 78.1. The molecule has 0 spiro atoms. The molecule has 0 aliphatic carbocycles. The maximum absolute atomic E-state index is 13.1. The number of carbonyl (C=O) groups is 4. The van der Waals surface area contributed by atoms with Crippen molar-refractivity contribution in [2.45, 2.75) is 341 Å². The minimum absolute atomic E-state index is 0.0673. The molecular weight excluding hydrogens is 1380 g/mol. The van der Waals surface area contributed by atoms with Crippen molar-refractivity contribution >= 4 is 39.5 Å². The number of phosphoric acid groups is 2. The Kier molecular flexibility index (Phi) is 74.3. The third-order valence-electron chi connectivity index (χ3n) is 16.8. The number of hydrogen-bond acceptors (Lipinski definition) is 15. The average molecular weight is 1530 g/mol. The van der Waals surface area contributed by atoms with E-state index in [-0.39, 0.29) is 25.7 Å². The molecule has 0 aliphatic heterocycles. The SMILES string of the molecule is CC/C=C\C/C=C\C/C=C\C/C=C\C/C=C\CCCCCC(=O)OCC(COP(=O)(O)OCC(O)COP(=O)(O)OCC(COC(=O)CCCCC/C=C\C/C=C\C/C=C\C/C=C\C/C=C\CC)OC(=O)CCCCCCCCCCCCCCC)OC(=O)CCCCCCC/C=C\C/C=C\CCCCC. The van der Waals surface area contributed by atoms with E-state index >= 15 is 0 Å². The molecule has 0 heterocycles. The van der Waals surface area contributed by atoms with Crippen LogP contribution in [0.3, 0.4) is 0 Å². The van der Waals surface area contributed by atoms with Gasteiger partial charge in [-0.05, 0) is 148 Å². The van der Waals surface area contributed by atoms with Crippen molar-refractivity contribution in [1.82, 2.24) is 0 Å². The largest absolute Gasteiger partial charge is 0.472 e. The molecular formula is C87H146O17P2. The lowest BCUT2D eigenvalue weighted by Gasteiger charge is -2.21. The third kappa shape index (κ3) is 77.1. The fraction of sp³-hybridized carbons (Fsp3) is 0.678. The summed E-state index contributed by atoms with van der Waals surface area (Å²) in [6.07, 6.45) is 89.6. The summed E-state index contributed by atoms with van der Waals surface area (Å²) in [5.74, 6) is -2.26. The maximum atomic E-state index is 13.1. The third-order valence-corrected chi connectivity index (χ3v) is 18.7. The van der Waals surface area contributed by atoms with Crippen molar-refractivity contribution < 1.29 is 80.2 Å². The second-order valence-corrected chi connectivity index (χ2v) is 29.9. The van der Waals surface area contributed by atoms with Gasteiger partial charge in [-0.25, -0.2) is 9.13 Å². The summed E-state index contributed by atoms with van der Waals surface area (Å²) in [5, 5.41) is 10.7. The van der Waals surface area contributed by atoms with Crippen LogP contribution in [-0.2, 0) is 65.4 Å². The van der Waals surface area contributed by atoms with Crippen molar-refractivity contribution in [3.05, 3.63) is 146 Å². The highest BCUT2D eigenvalue weighted by molar-refractivity contribution is 7.47. The first-order chi connectivity index (χ1) is 51.7. The predicted octanol–water partition coefficient (Wildman–Crippen LogP) is 24.2. The lowest BCUT2D eigenvalue weighted by Crippen LogP contribution is -2.30.